The number of aliphatic carboxylic acids is 1. The Bertz CT molecular complexity index is 1020. The van der Waals surface area contributed by atoms with Crippen LogP contribution >= 0.6 is 23.4 Å². The molecule has 8 nitrogen and oxygen atoms in total. The van der Waals surface area contributed by atoms with Crippen LogP contribution in [0.15, 0.2) is 18.5 Å². The van der Waals surface area contributed by atoms with Gasteiger partial charge in [0.1, 0.15) is 0 Å². The first-order valence-electron chi connectivity index (χ1n) is 10.5. The van der Waals surface area contributed by atoms with E-state index in [9.17, 15) is 14.7 Å². The van der Waals surface area contributed by atoms with E-state index in [4.69, 9.17) is 26.2 Å². The van der Waals surface area contributed by atoms with Gasteiger partial charge in [-0.25, -0.2) is 9.78 Å². The first kappa shape index (κ1) is 22.8. The maximum Gasteiger partial charge on any atom is 0.354 e. The smallest absolute Gasteiger partial charge is 0.354 e. The molecular formula is C22H25ClN2O6S. The summed E-state index contributed by atoms with van der Waals surface area (Å²) in [7, 11) is 0. The number of carboxylic acid groups (broad SMARTS) is 2. The molecule has 0 bridgehead atoms. The fourth-order valence-electron chi connectivity index (χ4n) is 4.21. The number of imidazole rings is 1. The van der Waals surface area contributed by atoms with Gasteiger partial charge in [0.05, 0.1) is 24.5 Å². The molecular weight excluding hydrogens is 456 g/mol. The van der Waals surface area contributed by atoms with Crippen molar-refractivity contribution in [3.8, 4) is 11.5 Å². The Morgan fingerprint density at radius 1 is 1.22 bits per heavy atom. The van der Waals surface area contributed by atoms with Crippen LogP contribution in [-0.2, 0) is 11.3 Å². The molecule has 0 radical (unpaired) electrons. The number of aromatic carboxylic acids is 1. The molecule has 1 aromatic heterocycles. The van der Waals surface area contributed by atoms with Gasteiger partial charge in [-0.3, -0.25) is 4.79 Å². The quantitative estimate of drug-likeness (QED) is 0.568. The molecule has 2 heterocycles. The summed E-state index contributed by atoms with van der Waals surface area (Å²) in [5.74, 6) is -0.145. The SMILES string of the molecule is CC(CSC1CCC(C(=O)O)CC1)c1ncn(Cc2cc3c(cc2Cl)OCO3)c1C(=O)O. The van der Waals surface area contributed by atoms with Gasteiger partial charge in [0, 0.05) is 28.0 Å². The number of carboxylic acids is 2. The monoisotopic (exact) mass is 480 g/mol. The van der Waals surface area contributed by atoms with Crippen molar-refractivity contribution in [3.63, 3.8) is 0 Å². The molecule has 2 aliphatic rings. The van der Waals surface area contributed by atoms with Crippen molar-refractivity contribution >= 4 is 35.3 Å². The molecule has 1 aliphatic heterocycles. The van der Waals surface area contributed by atoms with E-state index < -0.39 is 11.9 Å². The zero-order valence-electron chi connectivity index (χ0n) is 17.6. The minimum atomic E-state index is -1.03. The second kappa shape index (κ2) is 9.62. The average Bonchev–Trinajstić information content (AvgIpc) is 3.39. The maximum absolute atomic E-state index is 12.1. The third-order valence-electron chi connectivity index (χ3n) is 6.02. The summed E-state index contributed by atoms with van der Waals surface area (Å²) in [4.78, 5) is 27.6. The number of hydrogen-bond donors (Lipinski definition) is 2. The molecule has 1 saturated carbocycles. The minimum Gasteiger partial charge on any atom is -0.481 e. The summed E-state index contributed by atoms with van der Waals surface area (Å²) in [5.41, 5.74) is 1.42. The molecule has 1 aliphatic carbocycles. The van der Waals surface area contributed by atoms with Crippen LogP contribution in [0.1, 0.15) is 60.3 Å². The number of benzene rings is 1. The zero-order valence-corrected chi connectivity index (χ0v) is 19.2. The van der Waals surface area contributed by atoms with E-state index in [0.717, 1.165) is 24.2 Å². The zero-order chi connectivity index (χ0) is 22.8. The summed E-state index contributed by atoms with van der Waals surface area (Å²) in [6.07, 6.45) is 4.69. The number of ether oxygens (including phenoxy) is 2. The van der Waals surface area contributed by atoms with Gasteiger partial charge in [0.15, 0.2) is 17.2 Å². The lowest BCUT2D eigenvalue weighted by molar-refractivity contribution is -0.142. The number of thioether (sulfide) groups is 1. The number of nitrogens with zero attached hydrogens (tertiary/aromatic N) is 2. The van der Waals surface area contributed by atoms with E-state index in [0.29, 0.717) is 40.3 Å². The second-order valence-corrected chi connectivity index (χ2v) is 10.00. The van der Waals surface area contributed by atoms with E-state index in [2.05, 4.69) is 4.98 Å². The third kappa shape index (κ3) is 4.83. The Morgan fingerprint density at radius 2 is 1.91 bits per heavy atom. The fourth-order valence-corrected chi connectivity index (χ4v) is 5.75. The molecule has 1 atom stereocenters. The Labute approximate surface area is 194 Å². The molecule has 2 N–H and O–H groups in total. The van der Waals surface area contributed by atoms with Gasteiger partial charge in [0.25, 0.3) is 0 Å². The molecule has 1 fully saturated rings. The lowest BCUT2D eigenvalue weighted by Crippen LogP contribution is -2.23. The molecule has 32 heavy (non-hydrogen) atoms. The first-order valence-corrected chi connectivity index (χ1v) is 12.0. The number of fused-ring (bicyclic) bond motifs is 1. The lowest BCUT2D eigenvalue weighted by Gasteiger charge is -2.26. The van der Waals surface area contributed by atoms with Crippen molar-refractivity contribution in [1.29, 1.82) is 0 Å². The average molecular weight is 481 g/mol. The van der Waals surface area contributed by atoms with Crippen LogP contribution in [0.25, 0.3) is 0 Å². The van der Waals surface area contributed by atoms with E-state index in [-0.39, 0.29) is 30.9 Å². The Hall–Kier alpha value is -2.39. The molecule has 10 heteroatoms. The summed E-state index contributed by atoms with van der Waals surface area (Å²) in [5, 5.41) is 19.9. The van der Waals surface area contributed by atoms with Gasteiger partial charge in [-0.2, -0.15) is 11.8 Å². The Kier molecular flexibility index (Phi) is 6.85. The van der Waals surface area contributed by atoms with E-state index >= 15 is 0 Å². The van der Waals surface area contributed by atoms with Gasteiger partial charge in [-0.05, 0) is 37.3 Å². The number of carbonyl (C=O) groups is 2. The van der Waals surface area contributed by atoms with Gasteiger partial charge in [0.2, 0.25) is 6.79 Å². The normalized spacial score (nSPS) is 20.8. The number of halogens is 1. The number of rotatable bonds is 8. The standard InChI is InChI=1S/C22H25ClN2O6S/c1-12(9-32-15-4-2-13(3-5-15)21(26)27)19-20(22(28)29)25(10-24-19)8-14-6-17-18(7-16(14)23)31-11-30-17/h6-7,10,12-13,15H,2-5,8-9,11H2,1H3,(H,26,27)(H,28,29). The maximum atomic E-state index is 12.1. The number of aromatic nitrogens is 2. The lowest BCUT2D eigenvalue weighted by atomic mass is 9.89. The van der Waals surface area contributed by atoms with Crippen LogP contribution in [0, 0.1) is 5.92 Å². The van der Waals surface area contributed by atoms with Crippen LogP contribution < -0.4 is 9.47 Å². The molecule has 1 aromatic carbocycles. The van der Waals surface area contributed by atoms with Crippen LogP contribution in [0.3, 0.4) is 0 Å². The van der Waals surface area contributed by atoms with Crippen LogP contribution in [0.2, 0.25) is 5.02 Å². The molecule has 172 valence electrons. The summed E-state index contributed by atoms with van der Waals surface area (Å²) < 4.78 is 12.3. The molecule has 0 saturated heterocycles. The fraction of sp³-hybridized carbons (Fsp3) is 0.500. The van der Waals surface area contributed by atoms with Gasteiger partial charge in [-0.1, -0.05) is 18.5 Å². The van der Waals surface area contributed by atoms with Gasteiger partial charge >= 0.3 is 11.9 Å². The minimum absolute atomic E-state index is 0.0585. The van der Waals surface area contributed by atoms with Crippen molar-refractivity contribution in [2.75, 3.05) is 12.5 Å². The van der Waals surface area contributed by atoms with Crippen molar-refractivity contribution in [3.05, 3.63) is 40.4 Å². The van der Waals surface area contributed by atoms with Crippen molar-refractivity contribution < 1.29 is 29.3 Å². The first-order chi connectivity index (χ1) is 15.3. The van der Waals surface area contributed by atoms with E-state index in [1.165, 1.54) is 0 Å². The highest BCUT2D eigenvalue weighted by molar-refractivity contribution is 7.99. The highest BCUT2D eigenvalue weighted by Crippen LogP contribution is 2.38. The predicted molar refractivity (Wildman–Crippen MR) is 120 cm³/mol. The third-order valence-corrected chi connectivity index (χ3v) is 8.01. The summed E-state index contributed by atoms with van der Waals surface area (Å²) in [6.45, 7) is 2.36. The van der Waals surface area contributed by atoms with Gasteiger partial charge < -0.3 is 24.3 Å². The molecule has 2 aromatic rings. The molecule has 4 rings (SSSR count). The van der Waals surface area contributed by atoms with Crippen LogP contribution in [-0.4, -0.2) is 49.5 Å². The van der Waals surface area contributed by atoms with Crippen molar-refractivity contribution in [2.24, 2.45) is 5.92 Å². The Balaban J connectivity index is 1.44. The Morgan fingerprint density at radius 3 is 2.56 bits per heavy atom. The summed E-state index contributed by atoms with van der Waals surface area (Å²) >= 11 is 8.14. The van der Waals surface area contributed by atoms with Crippen LogP contribution in [0.5, 0.6) is 11.5 Å². The highest BCUT2D eigenvalue weighted by Gasteiger charge is 2.28. The summed E-state index contributed by atoms with van der Waals surface area (Å²) in [6, 6.07) is 3.44. The molecule has 1 unspecified atom stereocenters. The predicted octanol–water partition coefficient (Wildman–Crippen LogP) is 4.49. The second-order valence-electron chi connectivity index (χ2n) is 8.25. The molecule has 0 amide bonds. The van der Waals surface area contributed by atoms with E-state index in [1.807, 2.05) is 6.92 Å². The van der Waals surface area contributed by atoms with E-state index in [1.54, 1.807) is 34.8 Å². The molecule has 0 spiro atoms. The van der Waals surface area contributed by atoms with Crippen molar-refractivity contribution in [1.82, 2.24) is 9.55 Å². The topological polar surface area (TPSA) is 111 Å². The van der Waals surface area contributed by atoms with Crippen LogP contribution in [0.4, 0.5) is 0 Å². The largest absolute Gasteiger partial charge is 0.481 e. The number of hydrogen-bond acceptors (Lipinski definition) is 6. The van der Waals surface area contributed by atoms with Crippen molar-refractivity contribution in [2.45, 2.75) is 50.3 Å². The van der Waals surface area contributed by atoms with Gasteiger partial charge in [-0.15, -0.1) is 0 Å². The highest BCUT2D eigenvalue weighted by atomic mass is 35.5.